The molecule has 1 N–H and O–H groups in total. The van der Waals surface area contributed by atoms with E-state index in [-0.39, 0.29) is 18.4 Å². The van der Waals surface area contributed by atoms with Crippen LogP contribution in [0.25, 0.3) is 11.3 Å². The van der Waals surface area contributed by atoms with Gasteiger partial charge in [0.25, 0.3) is 0 Å². The van der Waals surface area contributed by atoms with Gasteiger partial charge in [-0.3, -0.25) is 4.79 Å². The number of nitrogens with one attached hydrogen (secondary N) is 1. The van der Waals surface area contributed by atoms with E-state index >= 15 is 0 Å². The normalized spacial score (nSPS) is 15.4. The number of hydrogen-bond acceptors (Lipinski definition) is 4. The zero-order valence-electron chi connectivity index (χ0n) is 14.8. The first kappa shape index (κ1) is 16.4. The van der Waals surface area contributed by atoms with Gasteiger partial charge in [-0.25, -0.2) is 0 Å². The average Bonchev–Trinajstić information content (AvgIpc) is 3.21. The molecule has 2 aromatic carbocycles. The van der Waals surface area contributed by atoms with Crippen molar-refractivity contribution in [1.82, 2.24) is 5.16 Å². The summed E-state index contributed by atoms with van der Waals surface area (Å²) < 4.78 is 11.2. The summed E-state index contributed by atoms with van der Waals surface area (Å²) in [6.07, 6.45) is 1.27. The maximum atomic E-state index is 12.2. The number of ether oxygens (including phenoxy) is 1. The highest BCUT2D eigenvalue weighted by atomic mass is 16.5. The van der Waals surface area contributed by atoms with Crippen molar-refractivity contribution in [3.05, 3.63) is 65.4 Å². The van der Waals surface area contributed by atoms with Crippen molar-refractivity contribution >= 4 is 11.6 Å². The van der Waals surface area contributed by atoms with Gasteiger partial charge in [-0.1, -0.05) is 22.9 Å². The lowest BCUT2D eigenvalue weighted by Crippen LogP contribution is -2.14. The molecule has 0 spiro atoms. The van der Waals surface area contributed by atoms with Crippen LogP contribution in [-0.4, -0.2) is 17.2 Å². The third-order valence-corrected chi connectivity index (χ3v) is 4.42. The fourth-order valence-electron chi connectivity index (χ4n) is 3.11. The number of fused-ring (bicyclic) bond motifs is 1. The molecule has 4 rings (SSSR count). The summed E-state index contributed by atoms with van der Waals surface area (Å²) in [5, 5.41) is 6.90. The molecule has 0 aliphatic carbocycles. The van der Waals surface area contributed by atoms with Crippen LogP contribution >= 0.6 is 0 Å². The minimum absolute atomic E-state index is 0.120. The number of aromatic nitrogens is 1. The summed E-state index contributed by atoms with van der Waals surface area (Å²) in [6.45, 7) is 4.06. The molecule has 1 atom stereocenters. The minimum atomic E-state index is -0.120. The first-order valence-electron chi connectivity index (χ1n) is 8.69. The van der Waals surface area contributed by atoms with Crippen molar-refractivity contribution in [2.24, 2.45) is 0 Å². The predicted molar refractivity (Wildman–Crippen MR) is 99.2 cm³/mol. The third kappa shape index (κ3) is 3.47. The summed E-state index contributed by atoms with van der Waals surface area (Å²) in [5.41, 5.74) is 4.65. The standard InChI is InChI=1S/C21H20N2O3/c1-13-3-6-17(7-4-13)22-21(24)12-18-11-20(26-23-18)15-5-8-19-16(10-15)9-14(2)25-19/h3-8,10-11,14H,9,12H2,1-2H3,(H,22,24). The number of nitrogens with zero attached hydrogens (tertiary/aromatic N) is 1. The molecule has 1 amide bonds. The van der Waals surface area contributed by atoms with Crippen LogP contribution in [0.3, 0.4) is 0 Å². The molecule has 0 saturated carbocycles. The number of hydrogen-bond donors (Lipinski definition) is 1. The van der Waals surface area contributed by atoms with Crippen LogP contribution in [-0.2, 0) is 17.6 Å². The molecule has 0 fully saturated rings. The van der Waals surface area contributed by atoms with E-state index in [2.05, 4.69) is 23.5 Å². The van der Waals surface area contributed by atoms with Crippen molar-refractivity contribution in [2.75, 3.05) is 5.32 Å². The highest BCUT2D eigenvalue weighted by Crippen LogP contribution is 2.33. The van der Waals surface area contributed by atoms with Crippen LogP contribution in [0.4, 0.5) is 5.69 Å². The Hall–Kier alpha value is -3.08. The Labute approximate surface area is 152 Å². The van der Waals surface area contributed by atoms with Crippen molar-refractivity contribution in [3.8, 4) is 17.1 Å². The van der Waals surface area contributed by atoms with Crippen molar-refractivity contribution < 1.29 is 14.1 Å². The Morgan fingerprint density at radius 2 is 2.00 bits per heavy atom. The monoisotopic (exact) mass is 348 g/mol. The molecule has 0 bridgehead atoms. The topological polar surface area (TPSA) is 64.4 Å². The molecule has 1 unspecified atom stereocenters. The lowest BCUT2D eigenvalue weighted by molar-refractivity contribution is -0.115. The molecule has 26 heavy (non-hydrogen) atoms. The first-order chi connectivity index (χ1) is 12.6. The van der Waals surface area contributed by atoms with E-state index in [1.165, 1.54) is 5.56 Å². The van der Waals surface area contributed by atoms with Crippen LogP contribution in [0.1, 0.15) is 23.7 Å². The maximum Gasteiger partial charge on any atom is 0.230 e. The first-order valence-corrected chi connectivity index (χ1v) is 8.69. The number of anilines is 1. The Bertz CT molecular complexity index is 944. The van der Waals surface area contributed by atoms with Gasteiger partial charge in [0, 0.05) is 23.7 Å². The van der Waals surface area contributed by atoms with Crippen LogP contribution in [0.2, 0.25) is 0 Å². The molecular weight excluding hydrogens is 328 g/mol. The Kier molecular flexibility index (Phi) is 4.21. The fraction of sp³-hybridized carbons (Fsp3) is 0.238. The van der Waals surface area contributed by atoms with Crippen LogP contribution in [0, 0.1) is 6.92 Å². The van der Waals surface area contributed by atoms with Gasteiger partial charge in [0.15, 0.2) is 5.76 Å². The van der Waals surface area contributed by atoms with Gasteiger partial charge in [-0.15, -0.1) is 0 Å². The number of carbonyl (C=O) groups excluding carboxylic acids is 1. The molecular formula is C21H20N2O3. The quantitative estimate of drug-likeness (QED) is 0.769. The molecule has 5 heteroatoms. The molecule has 1 aliphatic heterocycles. The largest absolute Gasteiger partial charge is 0.490 e. The number of aryl methyl sites for hydroxylation is 1. The lowest BCUT2D eigenvalue weighted by atomic mass is 10.1. The minimum Gasteiger partial charge on any atom is -0.490 e. The van der Waals surface area contributed by atoms with E-state index in [4.69, 9.17) is 9.26 Å². The average molecular weight is 348 g/mol. The van der Waals surface area contributed by atoms with E-state index in [1.807, 2.05) is 49.4 Å². The second-order valence-corrected chi connectivity index (χ2v) is 6.73. The number of benzene rings is 2. The van der Waals surface area contributed by atoms with E-state index in [1.54, 1.807) is 0 Å². The summed E-state index contributed by atoms with van der Waals surface area (Å²) in [5.74, 6) is 1.47. The van der Waals surface area contributed by atoms with E-state index in [9.17, 15) is 4.79 Å². The van der Waals surface area contributed by atoms with Gasteiger partial charge >= 0.3 is 0 Å². The van der Waals surface area contributed by atoms with Gasteiger partial charge < -0.3 is 14.6 Å². The van der Waals surface area contributed by atoms with Crippen molar-refractivity contribution in [2.45, 2.75) is 32.8 Å². The fourth-order valence-corrected chi connectivity index (χ4v) is 3.11. The van der Waals surface area contributed by atoms with Gasteiger partial charge in [0.2, 0.25) is 5.91 Å². The molecule has 0 radical (unpaired) electrons. The van der Waals surface area contributed by atoms with Crippen molar-refractivity contribution in [3.63, 3.8) is 0 Å². The molecule has 1 aromatic heterocycles. The zero-order chi connectivity index (χ0) is 18.1. The zero-order valence-corrected chi connectivity index (χ0v) is 14.8. The van der Waals surface area contributed by atoms with E-state index in [0.29, 0.717) is 11.5 Å². The molecule has 132 valence electrons. The summed E-state index contributed by atoms with van der Waals surface area (Å²) in [7, 11) is 0. The van der Waals surface area contributed by atoms with Crippen LogP contribution < -0.4 is 10.1 Å². The number of amides is 1. The molecule has 3 aromatic rings. The molecule has 1 aliphatic rings. The van der Waals surface area contributed by atoms with E-state index in [0.717, 1.165) is 29.0 Å². The van der Waals surface area contributed by atoms with Gasteiger partial charge in [0.05, 0.1) is 12.1 Å². The summed E-state index contributed by atoms with van der Waals surface area (Å²) >= 11 is 0. The van der Waals surface area contributed by atoms with Crippen LogP contribution in [0.5, 0.6) is 5.75 Å². The number of carbonyl (C=O) groups is 1. The van der Waals surface area contributed by atoms with Gasteiger partial charge in [0.1, 0.15) is 11.9 Å². The highest BCUT2D eigenvalue weighted by Gasteiger charge is 2.20. The molecule has 2 heterocycles. The Morgan fingerprint density at radius 3 is 2.81 bits per heavy atom. The summed E-state index contributed by atoms with van der Waals surface area (Å²) in [6, 6.07) is 15.5. The predicted octanol–water partition coefficient (Wildman–Crippen LogP) is 4.15. The lowest BCUT2D eigenvalue weighted by Gasteiger charge is -2.03. The number of rotatable bonds is 4. The SMILES string of the molecule is Cc1ccc(NC(=O)Cc2cc(-c3ccc4c(c3)CC(C)O4)on2)cc1. The van der Waals surface area contributed by atoms with E-state index < -0.39 is 0 Å². The smallest absolute Gasteiger partial charge is 0.230 e. The summed E-state index contributed by atoms with van der Waals surface area (Å²) in [4.78, 5) is 12.2. The Morgan fingerprint density at radius 1 is 1.19 bits per heavy atom. The highest BCUT2D eigenvalue weighted by molar-refractivity contribution is 5.92. The van der Waals surface area contributed by atoms with Gasteiger partial charge in [-0.05, 0) is 49.7 Å². The Balaban J connectivity index is 1.44. The molecule has 5 nitrogen and oxygen atoms in total. The maximum absolute atomic E-state index is 12.2. The molecule has 0 saturated heterocycles. The second-order valence-electron chi connectivity index (χ2n) is 6.73. The third-order valence-electron chi connectivity index (χ3n) is 4.42. The second kappa shape index (κ2) is 6.67. The van der Waals surface area contributed by atoms with Gasteiger partial charge in [-0.2, -0.15) is 0 Å². The van der Waals surface area contributed by atoms with Crippen molar-refractivity contribution in [1.29, 1.82) is 0 Å². The van der Waals surface area contributed by atoms with Crippen LogP contribution in [0.15, 0.2) is 53.1 Å².